The average molecular weight is 196 g/mol. The number of aryl methyl sites for hydroxylation is 1. The van der Waals surface area contributed by atoms with Crippen molar-refractivity contribution < 1.29 is 9.13 Å². The molecule has 0 saturated heterocycles. The third kappa shape index (κ3) is 3.36. The smallest absolute Gasteiger partial charge is 0.126 e. The highest BCUT2D eigenvalue weighted by atomic mass is 19.1. The Labute approximate surface area is 84.9 Å². The molecule has 0 spiro atoms. The van der Waals surface area contributed by atoms with Gasteiger partial charge in [-0.3, -0.25) is 0 Å². The lowest BCUT2D eigenvalue weighted by molar-refractivity contribution is 0.286. The summed E-state index contributed by atoms with van der Waals surface area (Å²) < 4.78 is 18.3. The molecule has 0 heterocycles. The summed E-state index contributed by atoms with van der Waals surface area (Å²) in [6, 6.07) is 4.63. The van der Waals surface area contributed by atoms with Crippen molar-refractivity contribution in [3.8, 4) is 5.75 Å². The van der Waals surface area contributed by atoms with Crippen LogP contribution in [0.1, 0.15) is 25.8 Å². The molecule has 1 aromatic rings. The zero-order valence-corrected chi connectivity index (χ0v) is 9.01. The Morgan fingerprint density at radius 3 is 2.71 bits per heavy atom. The Kier molecular flexibility index (Phi) is 3.93. The zero-order chi connectivity index (χ0) is 10.6. The van der Waals surface area contributed by atoms with Crippen LogP contribution in [0.5, 0.6) is 5.75 Å². The zero-order valence-electron chi connectivity index (χ0n) is 9.01. The minimum atomic E-state index is -0.241. The first-order valence-electron chi connectivity index (χ1n) is 4.98. The van der Waals surface area contributed by atoms with Crippen molar-refractivity contribution in [2.45, 2.75) is 27.2 Å². The van der Waals surface area contributed by atoms with Crippen LogP contribution in [0.2, 0.25) is 0 Å². The fraction of sp³-hybridized carbons (Fsp3) is 0.500. The Morgan fingerprint density at radius 2 is 2.07 bits per heavy atom. The molecule has 0 amide bonds. The summed E-state index contributed by atoms with van der Waals surface area (Å²) in [6.45, 7) is 6.86. The van der Waals surface area contributed by atoms with E-state index in [1.165, 1.54) is 12.1 Å². The summed E-state index contributed by atoms with van der Waals surface area (Å²) in [6.07, 6.45) is 0.996. The highest BCUT2D eigenvalue weighted by Crippen LogP contribution is 2.19. The molecule has 0 saturated carbocycles. The Morgan fingerprint density at radius 1 is 1.36 bits per heavy atom. The van der Waals surface area contributed by atoms with E-state index >= 15 is 0 Å². The van der Waals surface area contributed by atoms with Crippen LogP contribution in [-0.2, 0) is 0 Å². The topological polar surface area (TPSA) is 9.23 Å². The number of halogens is 1. The van der Waals surface area contributed by atoms with Gasteiger partial charge in [-0.05, 0) is 30.9 Å². The number of ether oxygens (including phenoxy) is 1. The minimum absolute atomic E-state index is 0.241. The maximum absolute atomic E-state index is 12.9. The largest absolute Gasteiger partial charge is 0.493 e. The monoisotopic (exact) mass is 196 g/mol. The molecule has 0 fully saturated rings. The van der Waals surface area contributed by atoms with Gasteiger partial charge in [-0.1, -0.05) is 19.9 Å². The molecule has 0 aromatic heterocycles. The molecule has 0 N–H and O–H groups in total. The first-order chi connectivity index (χ1) is 6.59. The van der Waals surface area contributed by atoms with E-state index in [1.54, 1.807) is 6.07 Å². The van der Waals surface area contributed by atoms with Gasteiger partial charge in [0, 0.05) is 6.07 Å². The number of hydrogen-bond acceptors (Lipinski definition) is 1. The number of benzene rings is 1. The molecule has 14 heavy (non-hydrogen) atoms. The third-order valence-electron chi connectivity index (χ3n) is 2.10. The van der Waals surface area contributed by atoms with Crippen LogP contribution in [0.4, 0.5) is 4.39 Å². The highest BCUT2D eigenvalue weighted by molar-refractivity contribution is 5.32. The molecule has 0 unspecified atom stereocenters. The van der Waals surface area contributed by atoms with E-state index < -0.39 is 0 Å². The Bertz CT molecular complexity index is 294. The Hall–Kier alpha value is -1.05. The van der Waals surface area contributed by atoms with Crippen molar-refractivity contribution in [2.75, 3.05) is 6.61 Å². The molecule has 0 aliphatic carbocycles. The summed E-state index contributed by atoms with van der Waals surface area (Å²) in [5.41, 5.74) is 0.982. The first-order valence-corrected chi connectivity index (χ1v) is 4.98. The van der Waals surface area contributed by atoms with Gasteiger partial charge < -0.3 is 4.74 Å². The predicted octanol–water partition coefficient (Wildman–Crippen LogP) is 3.56. The molecule has 2 heteroatoms. The van der Waals surface area contributed by atoms with Crippen molar-refractivity contribution in [1.82, 2.24) is 0 Å². The molecule has 0 aliphatic rings. The quantitative estimate of drug-likeness (QED) is 0.715. The molecule has 0 bridgehead atoms. The van der Waals surface area contributed by atoms with Gasteiger partial charge in [0.05, 0.1) is 6.61 Å². The summed E-state index contributed by atoms with van der Waals surface area (Å²) in [5, 5.41) is 0. The van der Waals surface area contributed by atoms with E-state index in [0.717, 1.165) is 12.0 Å². The molecule has 0 aliphatic heterocycles. The lowest BCUT2D eigenvalue weighted by atomic mass is 10.1. The van der Waals surface area contributed by atoms with Gasteiger partial charge in [-0.2, -0.15) is 0 Å². The maximum Gasteiger partial charge on any atom is 0.126 e. The highest BCUT2D eigenvalue weighted by Gasteiger charge is 2.01. The fourth-order valence-electron chi connectivity index (χ4n) is 1.13. The molecule has 0 radical (unpaired) electrons. The van der Waals surface area contributed by atoms with Crippen molar-refractivity contribution in [3.05, 3.63) is 29.6 Å². The van der Waals surface area contributed by atoms with Gasteiger partial charge in [0.25, 0.3) is 0 Å². The second-order valence-electron chi connectivity index (χ2n) is 3.94. The van der Waals surface area contributed by atoms with Gasteiger partial charge >= 0.3 is 0 Å². The van der Waals surface area contributed by atoms with Gasteiger partial charge in [0.1, 0.15) is 11.6 Å². The van der Waals surface area contributed by atoms with Crippen molar-refractivity contribution in [1.29, 1.82) is 0 Å². The standard InChI is InChI=1S/C12H17FO/c1-9(2)6-7-14-12-8-11(13)5-4-10(12)3/h4-5,8-9H,6-7H2,1-3H3. The molecular formula is C12H17FO. The summed E-state index contributed by atoms with van der Waals surface area (Å²) in [7, 11) is 0. The molecule has 0 atom stereocenters. The van der Waals surface area contributed by atoms with E-state index in [0.29, 0.717) is 18.3 Å². The molecule has 1 rings (SSSR count). The average Bonchev–Trinajstić information content (AvgIpc) is 2.10. The van der Waals surface area contributed by atoms with E-state index in [4.69, 9.17) is 4.74 Å². The van der Waals surface area contributed by atoms with E-state index in [-0.39, 0.29) is 5.82 Å². The van der Waals surface area contributed by atoms with Crippen LogP contribution in [0.15, 0.2) is 18.2 Å². The van der Waals surface area contributed by atoms with Crippen molar-refractivity contribution in [3.63, 3.8) is 0 Å². The fourth-order valence-corrected chi connectivity index (χ4v) is 1.13. The molecule has 1 aromatic carbocycles. The molecular weight excluding hydrogens is 179 g/mol. The van der Waals surface area contributed by atoms with Crippen molar-refractivity contribution in [2.24, 2.45) is 5.92 Å². The molecule has 78 valence electrons. The van der Waals surface area contributed by atoms with E-state index in [9.17, 15) is 4.39 Å². The van der Waals surface area contributed by atoms with E-state index in [1.807, 2.05) is 6.92 Å². The van der Waals surface area contributed by atoms with Crippen LogP contribution in [0.25, 0.3) is 0 Å². The molecule has 1 nitrogen and oxygen atoms in total. The van der Waals surface area contributed by atoms with Crippen LogP contribution >= 0.6 is 0 Å². The van der Waals surface area contributed by atoms with Crippen molar-refractivity contribution >= 4 is 0 Å². The van der Waals surface area contributed by atoms with Crippen LogP contribution in [-0.4, -0.2) is 6.61 Å². The maximum atomic E-state index is 12.9. The first kappa shape index (κ1) is 11.0. The van der Waals surface area contributed by atoms with Gasteiger partial charge in [0.2, 0.25) is 0 Å². The Balaban J connectivity index is 2.53. The summed E-state index contributed by atoms with van der Waals surface area (Å²) >= 11 is 0. The van der Waals surface area contributed by atoms with Crippen LogP contribution < -0.4 is 4.74 Å². The lowest BCUT2D eigenvalue weighted by Crippen LogP contribution is -2.02. The summed E-state index contributed by atoms with van der Waals surface area (Å²) in [4.78, 5) is 0. The SMILES string of the molecule is Cc1ccc(F)cc1OCCC(C)C. The number of hydrogen-bond donors (Lipinski definition) is 0. The normalized spacial score (nSPS) is 10.6. The van der Waals surface area contributed by atoms with Crippen LogP contribution in [0.3, 0.4) is 0 Å². The second-order valence-corrected chi connectivity index (χ2v) is 3.94. The minimum Gasteiger partial charge on any atom is -0.493 e. The van der Waals surface area contributed by atoms with Crippen LogP contribution in [0, 0.1) is 18.7 Å². The second kappa shape index (κ2) is 4.99. The van der Waals surface area contributed by atoms with E-state index in [2.05, 4.69) is 13.8 Å². The van der Waals surface area contributed by atoms with Gasteiger partial charge in [-0.25, -0.2) is 4.39 Å². The van der Waals surface area contributed by atoms with Gasteiger partial charge in [-0.15, -0.1) is 0 Å². The lowest BCUT2D eigenvalue weighted by Gasteiger charge is -2.10. The number of rotatable bonds is 4. The van der Waals surface area contributed by atoms with Gasteiger partial charge in [0.15, 0.2) is 0 Å². The summed E-state index contributed by atoms with van der Waals surface area (Å²) in [5.74, 6) is 1.03. The predicted molar refractivity (Wildman–Crippen MR) is 56.1 cm³/mol. The third-order valence-corrected chi connectivity index (χ3v) is 2.10.